The molecule has 0 bridgehead atoms. The lowest BCUT2D eigenvalue weighted by Crippen LogP contribution is -2.36. The predicted octanol–water partition coefficient (Wildman–Crippen LogP) is -2.12. The van der Waals surface area contributed by atoms with Gasteiger partial charge in [-0.25, -0.2) is 9.78 Å². The van der Waals surface area contributed by atoms with Crippen LogP contribution in [0.3, 0.4) is 0 Å². The van der Waals surface area contributed by atoms with Gasteiger partial charge in [0.05, 0.1) is 6.61 Å². The number of ether oxygens (including phenoxy) is 2. The average Bonchev–Trinajstić information content (AvgIpc) is 2.64. The molecule has 0 amide bonds. The van der Waals surface area contributed by atoms with E-state index in [9.17, 15) is 15.0 Å². The lowest BCUT2D eigenvalue weighted by molar-refractivity contribution is -0.0672. The van der Waals surface area contributed by atoms with Crippen LogP contribution in [0.4, 0.5) is 5.95 Å². The van der Waals surface area contributed by atoms with Crippen molar-refractivity contribution in [2.45, 2.75) is 31.5 Å². The number of hydrogen-bond donors (Lipinski definition) is 3. The van der Waals surface area contributed by atoms with Gasteiger partial charge in [0.2, 0.25) is 5.95 Å². The first-order chi connectivity index (χ1) is 9.04. The third-order valence-electron chi connectivity index (χ3n) is 2.84. The molecule has 1 saturated heterocycles. The van der Waals surface area contributed by atoms with E-state index in [0.29, 0.717) is 6.61 Å². The molecule has 2 heterocycles. The molecule has 4 N–H and O–H groups in total. The Labute approximate surface area is 108 Å². The Balaban J connectivity index is 2.19. The summed E-state index contributed by atoms with van der Waals surface area (Å²) in [6, 6.07) is 0. The number of aliphatic hydroxyl groups is 2. The van der Waals surface area contributed by atoms with Crippen molar-refractivity contribution in [1.82, 2.24) is 14.5 Å². The summed E-state index contributed by atoms with van der Waals surface area (Å²) in [4.78, 5) is 18.7. The van der Waals surface area contributed by atoms with Crippen LogP contribution in [-0.4, -0.2) is 56.3 Å². The van der Waals surface area contributed by atoms with Gasteiger partial charge in [0.1, 0.15) is 24.6 Å². The Hall–Kier alpha value is -1.55. The molecule has 1 unspecified atom stereocenters. The molecule has 1 aliphatic rings. The Morgan fingerprint density at radius 2 is 2.26 bits per heavy atom. The van der Waals surface area contributed by atoms with Crippen molar-refractivity contribution >= 4 is 5.95 Å². The fourth-order valence-electron chi connectivity index (χ4n) is 1.86. The van der Waals surface area contributed by atoms with Crippen molar-refractivity contribution in [3.63, 3.8) is 0 Å². The minimum absolute atomic E-state index is 0.121. The zero-order chi connectivity index (χ0) is 14.0. The molecule has 0 aromatic carbocycles. The maximum atomic E-state index is 11.6. The summed E-state index contributed by atoms with van der Waals surface area (Å²) in [6.07, 6.45) is -3.08. The van der Waals surface area contributed by atoms with E-state index in [2.05, 4.69) is 9.97 Å². The molecular formula is C10H16N4O5. The highest BCUT2D eigenvalue weighted by Crippen LogP contribution is 2.28. The summed E-state index contributed by atoms with van der Waals surface area (Å²) in [5.41, 5.74) is 4.57. The van der Waals surface area contributed by atoms with Crippen molar-refractivity contribution in [2.75, 3.05) is 18.9 Å². The van der Waals surface area contributed by atoms with Crippen LogP contribution in [0.25, 0.3) is 0 Å². The van der Waals surface area contributed by atoms with Crippen LogP contribution in [0.5, 0.6) is 0 Å². The van der Waals surface area contributed by atoms with Gasteiger partial charge in [0.25, 0.3) is 0 Å². The predicted molar refractivity (Wildman–Crippen MR) is 63.1 cm³/mol. The maximum absolute atomic E-state index is 11.6. The van der Waals surface area contributed by atoms with Crippen LogP contribution >= 0.6 is 0 Å². The van der Waals surface area contributed by atoms with E-state index in [1.807, 2.05) is 0 Å². The monoisotopic (exact) mass is 272 g/mol. The van der Waals surface area contributed by atoms with Crippen LogP contribution in [0.2, 0.25) is 0 Å². The van der Waals surface area contributed by atoms with Gasteiger partial charge in [-0.05, 0) is 6.92 Å². The van der Waals surface area contributed by atoms with E-state index in [4.69, 9.17) is 15.2 Å². The van der Waals surface area contributed by atoms with Gasteiger partial charge in [-0.1, -0.05) is 0 Å². The fraction of sp³-hybridized carbons (Fsp3) is 0.700. The first kappa shape index (κ1) is 13.9. The molecule has 1 fully saturated rings. The second kappa shape index (κ2) is 5.61. The van der Waals surface area contributed by atoms with Crippen LogP contribution in [0.1, 0.15) is 13.2 Å². The van der Waals surface area contributed by atoms with E-state index in [1.165, 1.54) is 0 Å². The van der Waals surface area contributed by atoms with Crippen LogP contribution < -0.4 is 11.4 Å². The minimum Gasteiger partial charge on any atom is -0.387 e. The third kappa shape index (κ3) is 2.73. The van der Waals surface area contributed by atoms with Gasteiger partial charge in [0, 0.05) is 6.61 Å². The van der Waals surface area contributed by atoms with Crippen molar-refractivity contribution in [3.05, 3.63) is 16.8 Å². The van der Waals surface area contributed by atoms with Gasteiger partial charge in [-0.3, -0.25) is 4.57 Å². The summed E-state index contributed by atoms with van der Waals surface area (Å²) in [5.74, 6) is -0.167. The molecule has 4 atom stereocenters. The van der Waals surface area contributed by atoms with Gasteiger partial charge < -0.3 is 25.4 Å². The van der Waals surface area contributed by atoms with Crippen LogP contribution in [0.15, 0.2) is 11.1 Å². The van der Waals surface area contributed by atoms with Gasteiger partial charge in [0.15, 0.2) is 6.23 Å². The number of anilines is 1. The zero-order valence-electron chi connectivity index (χ0n) is 10.3. The summed E-state index contributed by atoms with van der Waals surface area (Å²) >= 11 is 0. The molecule has 9 heteroatoms. The molecule has 0 aliphatic carbocycles. The molecule has 19 heavy (non-hydrogen) atoms. The number of nitrogen functional groups attached to an aromatic ring is 1. The smallest absolute Gasteiger partial charge is 0.354 e. The highest BCUT2D eigenvalue weighted by molar-refractivity contribution is 5.10. The third-order valence-corrected chi connectivity index (χ3v) is 2.84. The van der Waals surface area contributed by atoms with Crippen molar-refractivity contribution in [3.8, 4) is 0 Å². The van der Waals surface area contributed by atoms with Crippen molar-refractivity contribution in [2.24, 2.45) is 0 Å². The SMILES string of the molecule is CCOC[C@H]1OC(n2cnc(N)nc2=O)[C@H](O)[C@@H]1O. The summed E-state index contributed by atoms with van der Waals surface area (Å²) in [6.45, 7) is 2.38. The average molecular weight is 272 g/mol. The zero-order valence-corrected chi connectivity index (χ0v) is 10.3. The Bertz CT molecular complexity index is 493. The largest absolute Gasteiger partial charge is 0.387 e. The molecule has 0 spiro atoms. The molecule has 1 aliphatic heterocycles. The van der Waals surface area contributed by atoms with Crippen molar-refractivity contribution < 1.29 is 19.7 Å². The molecular weight excluding hydrogens is 256 g/mol. The van der Waals surface area contributed by atoms with E-state index < -0.39 is 30.2 Å². The topological polar surface area (TPSA) is 133 Å². The normalized spacial score (nSPS) is 30.7. The Morgan fingerprint density at radius 3 is 2.89 bits per heavy atom. The molecule has 1 aromatic heterocycles. The van der Waals surface area contributed by atoms with Gasteiger partial charge in [-0.15, -0.1) is 0 Å². The lowest BCUT2D eigenvalue weighted by atomic mass is 10.1. The number of nitrogens with two attached hydrogens (primary N) is 1. The number of aromatic nitrogens is 3. The fourth-order valence-corrected chi connectivity index (χ4v) is 1.86. The summed E-state index contributed by atoms with van der Waals surface area (Å²) in [7, 11) is 0. The quantitative estimate of drug-likeness (QED) is 0.566. The van der Waals surface area contributed by atoms with E-state index in [0.717, 1.165) is 10.9 Å². The maximum Gasteiger partial charge on any atom is 0.354 e. The second-order valence-electron chi connectivity index (χ2n) is 4.11. The lowest BCUT2D eigenvalue weighted by Gasteiger charge is -2.16. The standard InChI is InChI=1S/C10H16N4O5/c1-2-18-3-5-6(15)7(16)8(19-5)14-4-12-9(11)13-10(14)17/h4-8,15-16H,2-3H2,1H3,(H2,11,13,17)/t5-,6-,7-,8?/m1/s1. The first-order valence-corrected chi connectivity index (χ1v) is 5.84. The van der Waals surface area contributed by atoms with Crippen LogP contribution in [-0.2, 0) is 9.47 Å². The summed E-state index contributed by atoms with van der Waals surface area (Å²) < 4.78 is 11.5. The van der Waals surface area contributed by atoms with Crippen LogP contribution in [0, 0.1) is 0 Å². The van der Waals surface area contributed by atoms with E-state index in [-0.39, 0.29) is 12.6 Å². The van der Waals surface area contributed by atoms with Crippen molar-refractivity contribution in [1.29, 1.82) is 0 Å². The Kier molecular flexibility index (Phi) is 4.10. The molecule has 0 saturated carbocycles. The molecule has 1 aromatic rings. The number of rotatable bonds is 4. The first-order valence-electron chi connectivity index (χ1n) is 5.84. The van der Waals surface area contributed by atoms with Gasteiger partial charge >= 0.3 is 5.69 Å². The van der Waals surface area contributed by atoms with E-state index in [1.54, 1.807) is 6.92 Å². The highest BCUT2D eigenvalue weighted by atomic mass is 16.6. The van der Waals surface area contributed by atoms with E-state index >= 15 is 0 Å². The molecule has 0 radical (unpaired) electrons. The number of aliphatic hydroxyl groups excluding tert-OH is 2. The summed E-state index contributed by atoms with van der Waals surface area (Å²) in [5, 5.41) is 19.7. The molecule has 2 rings (SSSR count). The number of nitrogens with zero attached hydrogens (tertiary/aromatic N) is 3. The Morgan fingerprint density at radius 1 is 1.53 bits per heavy atom. The number of hydrogen-bond acceptors (Lipinski definition) is 8. The second-order valence-corrected chi connectivity index (χ2v) is 4.11. The van der Waals surface area contributed by atoms with Gasteiger partial charge in [-0.2, -0.15) is 4.98 Å². The molecule has 106 valence electrons. The minimum atomic E-state index is -1.27. The molecule has 9 nitrogen and oxygen atoms in total. The highest BCUT2D eigenvalue weighted by Gasteiger charge is 2.44.